The Bertz CT molecular complexity index is 4850. The number of esters is 3. The topological polar surface area (TPSA) is 377 Å². The van der Waals surface area contributed by atoms with Crippen LogP contribution in [0.15, 0.2) is 181 Å². The maximum absolute atomic E-state index is 14.2. The van der Waals surface area contributed by atoms with Crippen LogP contribution in [-0.2, 0) is 85.7 Å². The van der Waals surface area contributed by atoms with Gasteiger partial charge in [0, 0.05) is 69.1 Å². The van der Waals surface area contributed by atoms with Gasteiger partial charge in [0.05, 0.1) is 81.8 Å². The summed E-state index contributed by atoms with van der Waals surface area (Å²) in [5, 5.41) is 85.0. The SMILES string of the molecule is CC1=C[C@H]2C(=O)O[C@H]3C[C@@H](C/C=C(\C)C[C@@H](C)/C=C/C=C4\CO[C@H]([C@@H]1O)[C@@]42O)O[C@@]1(CC(=O)[C@H](C)[C@@H](/C(C)=C/C(C)C)O1)C3.CC1=C[C@H]2C(=O)O[C@H]3C[C@@H](C/C=C(\C)C[C@@H](C)/C=C/C=C4\CO[C@H]([C@@H]1O)[C@@]42O)O[C@]1(C3)C[C@H](O)[C@H](C)[C@@H](/C(C)=C/C(C)C)O1.CO/N=C1\C[C@]2(C[C@@H]3C[C@@H](C/C=C(\C)C[C@@H](C)/C=C/C=C4\CO[C@@H]5[C@H](O)C(C)=C[C@@H](C(=O)O3)[C@]45O)O2)O[C@H](/C(C)=C/C(C)C)[C@H]1C.CON.Cl. The van der Waals surface area contributed by atoms with Crippen molar-refractivity contribution in [3.63, 3.8) is 0 Å². The molecule has 9 saturated heterocycles. The minimum absolute atomic E-state index is 0. The van der Waals surface area contributed by atoms with Crippen LogP contribution in [0.5, 0.6) is 0 Å². The van der Waals surface area contributed by atoms with Gasteiger partial charge in [0.15, 0.2) is 17.4 Å². The molecule has 31 atom stereocenters. The minimum atomic E-state index is -1.75. The molecule has 0 aromatic rings. The second-order valence-electron chi connectivity index (χ2n) is 43.4. The van der Waals surface area contributed by atoms with Gasteiger partial charge in [-0.1, -0.05) is 214 Å². The van der Waals surface area contributed by atoms with Crippen molar-refractivity contribution in [2.24, 2.45) is 82.1 Å². The second-order valence-corrected chi connectivity index (χ2v) is 43.4. The minimum Gasteiger partial charge on any atom is -0.462 e. The number of allylic oxidation sites excluding steroid dienone is 15. The summed E-state index contributed by atoms with van der Waals surface area (Å²) in [5.41, 5.74) is 5.70. The highest BCUT2D eigenvalue weighted by molar-refractivity contribution is 5.89. The predicted octanol–water partition coefficient (Wildman–Crippen LogP) is 16.0. The van der Waals surface area contributed by atoms with E-state index in [1.54, 1.807) is 52.2 Å². The summed E-state index contributed by atoms with van der Waals surface area (Å²) >= 11 is 0. The molecule has 15 aliphatic rings. The van der Waals surface area contributed by atoms with E-state index >= 15 is 0 Å². The lowest BCUT2D eigenvalue weighted by molar-refractivity contribution is -0.343. The molecule has 0 aromatic carbocycles. The highest BCUT2D eigenvalue weighted by Gasteiger charge is 2.65. The summed E-state index contributed by atoms with van der Waals surface area (Å²) in [5.74, 6) is -2.74. The summed E-state index contributed by atoms with van der Waals surface area (Å²) in [4.78, 5) is 64.7. The lowest BCUT2D eigenvalue weighted by atomic mass is 9.71. The number of fused-ring (bicyclic) bond motifs is 6. The van der Waals surface area contributed by atoms with E-state index in [2.05, 4.69) is 168 Å². The third-order valence-corrected chi connectivity index (χ3v) is 30.2. The Kier molecular flexibility index (Phi) is 38.0. The van der Waals surface area contributed by atoms with Crippen LogP contribution >= 0.6 is 12.4 Å². The molecule has 12 aliphatic heterocycles. The molecule has 0 unspecified atom stereocenters. The Morgan fingerprint density at radius 2 is 0.761 bits per heavy atom. The molecule has 3 aliphatic carbocycles. The van der Waals surface area contributed by atoms with Crippen LogP contribution in [-0.4, -0.2) is 231 Å². The Balaban J connectivity index is 0.000000195. The van der Waals surface area contributed by atoms with Crippen LogP contribution in [0, 0.1) is 71.0 Å². The highest BCUT2D eigenvalue weighted by atomic mass is 35.5. The number of carbonyl (C=O) groups excluding carboxylic acids is 4. The first-order valence-corrected chi connectivity index (χ1v) is 50.1. The molecule has 0 aromatic heterocycles. The Hall–Kier alpha value is -6.78. The van der Waals surface area contributed by atoms with Crippen molar-refractivity contribution >= 4 is 41.8 Å². The van der Waals surface area contributed by atoms with Crippen LogP contribution < -0.4 is 5.90 Å². The van der Waals surface area contributed by atoms with Crippen LogP contribution in [0.2, 0.25) is 0 Å². The largest absolute Gasteiger partial charge is 0.462 e. The maximum Gasteiger partial charge on any atom is 0.316 e. The molecule has 0 amide bonds. The van der Waals surface area contributed by atoms with Crippen LogP contribution in [0.3, 0.4) is 0 Å². The lowest BCUT2D eigenvalue weighted by Gasteiger charge is -2.51. The quantitative estimate of drug-likeness (QED) is 0.0508. The highest BCUT2D eigenvalue weighted by Crippen LogP contribution is 2.54. The number of nitrogens with two attached hydrogens (primary N) is 1. The average Bonchev–Trinajstić information content (AvgIpc) is 1.56. The molecule has 27 nitrogen and oxygen atoms in total. The van der Waals surface area contributed by atoms with Crippen molar-refractivity contribution in [3.05, 3.63) is 176 Å². The maximum atomic E-state index is 14.2. The number of aliphatic hydroxyl groups excluding tert-OH is 4. The summed E-state index contributed by atoms with van der Waals surface area (Å²) in [6.07, 6.45) is 32.2. The van der Waals surface area contributed by atoms with Gasteiger partial charge in [0.2, 0.25) is 0 Å². The van der Waals surface area contributed by atoms with Gasteiger partial charge in [-0.25, -0.2) is 5.90 Å². The molecule has 12 heterocycles. The molecule has 6 bridgehead atoms. The normalized spacial score (nSPS) is 44.3. The molecule has 9 N–H and O–H groups in total. The Morgan fingerprint density at radius 1 is 0.449 bits per heavy atom. The van der Waals surface area contributed by atoms with Crippen molar-refractivity contribution < 1.29 is 121 Å². The fourth-order valence-electron chi connectivity index (χ4n) is 23.5. The zero-order valence-corrected chi connectivity index (χ0v) is 86.5. The summed E-state index contributed by atoms with van der Waals surface area (Å²) in [7, 11) is 2.95. The molecule has 15 rings (SSSR count). The first-order valence-electron chi connectivity index (χ1n) is 50.1. The van der Waals surface area contributed by atoms with E-state index in [0.29, 0.717) is 103 Å². The third-order valence-electron chi connectivity index (χ3n) is 30.2. The van der Waals surface area contributed by atoms with E-state index < -0.39 is 137 Å². The second kappa shape index (κ2) is 46.9. The van der Waals surface area contributed by atoms with Gasteiger partial charge in [-0.3, -0.25) is 19.2 Å². The number of aliphatic hydroxyl groups is 7. The number of ketones is 1. The first-order chi connectivity index (χ1) is 64.6. The van der Waals surface area contributed by atoms with Crippen LogP contribution in [0.25, 0.3) is 0 Å². The van der Waals surface area contributed by atoms with E-state index in [4.69, 9.17) is 61.7 Å². The van der Waals surface area contributed by atoms with Gasteiger partial charge in [0.1, 0.15) is 102 Å². The van der Waals surface area contributed by atoms with Crippen molar-refractivity contribution in [3.8, 4) is 0 Å². The fraction of sp³-hybridized carbons (Fsp3) is 0.682. The number of rotatable bonds is 7. The number of halogens is 1. The van der Waals surface area contributed by atoms with E-state index in [9.17, 15) is 54.9 Å². The molecule has 138 heavy (non-hydrogen) atoms. The Morgan fingerprint density at radius 3 is 1.10 bits per heavy atom. The van der Waals surface area contributed by atoms with Gasteiger partial charge in [0.25, 0.3) is 0 Å². The standard InChI is InChI=1S/C37H53NO8.C36H52O8.C36H50O8.CH5NO.ClH/c1-21(2)14-25(6)33-26(7)31(38-42-8)19-36(46-33)18-29-17-28(45-36)13-12-23(4)15-22(3)10-9-11-27-20-43-34-32(39)24(5)16-30(35(40)44-29)37(27,34)41;2*1-20(2)13-24(6)32-25(7)30(37)18-35(44-32)17-28-16-27(43-35)12-11-22(4)14-21(3)9-8-10-26-19-41-33-31(38)23(5)15-29(34(39)42-28)36(26,33)40;1-3-2;/h9-12,14,16,21-22,26,28-30,32-34,39,41H,13,15,17-20H2,1-8H3;8-11,13,15,20-21,25,27-33,37-38,40H,12,14,16-19H2,1-7H3;8-11,13,15,20-21,25,27-29,31-33,38,40H,12,14,16-19H2,1-7H3;2H2,1H3;1H/b10-9+,23-12+,25-14+,27-11+,38-31+;2*9-8+,22-11+,24-13+,26-10+;;/t22-,26-,28+,29-,30-,32+,33+,34+,36-,37+;21-,25-,27+,28-,29-,30-,31+,32+,33+,35-,36+;21-,25-,27+,28-,29-,31+,32+,33+,35-,36+;;/m000../s1. The molecule has 9 fully saturated rings. The van der Waals surface area contributed by atoms with E-state index in [-0.39, 0.29) is 130 Å². The summed E-state index contributed by atoms with van der Waals surface area (Å²) < 4.78 is 77.2. The number of hydrogen-bond acceptors (Lipinski definition) is 27. The fourth-order valence-corrected chi connectivity index (χ4v) is 23.5. The van der Waals surface area contributed by atoms with Crippen molar-refractivity contribution in [2.75, 3.05) is 34.0 Å². The van der Waals surface area contributed by atoms with Gasteiger partial charge in [-0.15, -0.1) is 12.4 Å². The van der Waals surface area contributed by atoms with Gasteiger partial charge in [-0.05, 0) is 187 Å². The van der Waals surface area contributed by atoms with Gasteiger partial charge < -0.3 is 102 Å². The molecular formula is C110H161ClN2O25. The third kappa shape index (κ3) is 25.2. The molecule has 0 saturated carbocycles. The summed E-state index contributed by atoms with van der Waals surface area (Å²) in [6.45, 7) is 43.1. The van der Waals surface area contributed by atoms with Gasteiger partial charge >= 0.3 is 17.9 Å². The zero-order chi connectivity index (χ0) is 100. The van der Waals surface area contributed by atoms with E-state index in [1.807, 2.05) is 58.1 Å². The Labute approximate surface area is 824 Å². The van der Waals surface area contributed by atoms with E-state index in [1.165, 1.54) is 23.8 Å². The molecule has 768 valence electrons. The van der Waals surface area contributed by atoms with Crippen LogP contribution in [0.4, 0.5) is 0 Å². The summed E-state index contributed by atoms with van der Waals surface area (Å²) in [6, 6.07) is 0. The molecule has 0 radical (unpaired) electrons. The number of carbonyl (C=O) groups is 4. The number of Topliss-reactive ketones (excluding diaryl/α,β-unsaturated/α-hetero) is 1. The number of nitrogens with zero attached hydrogens (tertiary/aromatic N) is 1. The van der Waals surface area contributed by atoms with Crippen molar-refractivity contribution in [1.82, 2.24) is 0 Å². The smallest absolute Gasteiger partial charge is 0.316 e. The zero-order valence-electron chi connectivity index (χ0n) is 85.7. The van der Waals surface area contributed by atoms with E-state index in [0.717, 1.165) is 41.7 Å². The number of ether oxygens (including phenoxy) is 12. The predicted molar refractivity (Wildman–Crippen MR) is 528 cm³/mol. The number of hydrogen-bond donors (Lipinski definition) is 8. The molecule has 3 spiro atoms. The van der Waals surface area contributed by atoms with Crippen molar-refractivity contribution in [2.45, 2.75) is 374 Å². The van der Waals surface area contributed by atoms with Crippen molar-refractivity contribution in [1.29, 1.82) is 0 Å². The molecule has 28 heteroatoms. The molecular weight excluding hydrogens is 1780 g/mol. The van der Waals surface area contributed by atoms with Gasteiger partial charge in [-0.2, -0.15) is 0 Å². The monoisotopic (exact) mass is 1950 g/mol. The lowest BCUT2D eigenvalue weighted by Crippen LogP contribution is -2.59. The first kappa shape index (κ1) is 112. The average molecular weight is 1950 g/mol. The van der Waals surface area contributed by atoms with Crippen LogP contribution in [0.1, 0.15) is 242 Å². The number of oxime groups is 1.